The molecule has 0 spiro atoms. The molecule has 0 aliphatic carbocycles. The molecule has 1 N–H and O–H groups in total. The molecule has 0 saturated heterocycles. The molecule has 1 amide bonds. The van der Waals surface area contributed by atoms with Crippen LogP contribution in [0.4, 0.5) is 5.69 Å². The Hall–Kier alpha value is -2.46. The van der Waals surface area contributed by atoms with Crippen LogP contribution in [0.2, 0.25) is 5.15 Å². The van der Waals surface area contributed by atoms with Gasteiger partial charge in [0, 0.05) is 17.8 Å². The molecule has 104 valence electrons. The van der Waals surface area contributed by atoms with Crippen LogP contribution in [-0.2, 0) is 0 Å². The first-order valence-electron chi connectivity index (χ1n) is 6.43. The van der Waals surface area contributed by atoms with Gasteiger partial charge in [0.25, 0.3) is 5.91 Å². The number of hydrogen-bond acceptors (Lipinski definition) is 3. The van der Waals surface area contributed by atoms with Crippen LogP contribution in [0.3, 0.4) is 0 Å². The zero-order valence-electron chi connectivity index (χ0n) is 11.3. The third-order valence-corrected chi connectivity index (χ3v) is 3.53. The van der Waals surface area contributed by atoms with Gasteiger partial charge < -0.3 is 5.32 Å². The smallest absolute Gasteiger partial charge is 0.256 e. The maximum absolute atomic E-state index is 12.5. The van der Waals surface area contributed by atoms with Gasteiger partial charge in [-0.2, -0.15) is 0 Å². The molecule has 0 aliphatic rings. The summed E-state index contributed by atoms with van der Waals surface area (Å²) < 4.78 is 0. The molecule has 21 heavy (non-hydrogen) atoms. The number of aromatic nitrogens is 2. The molecule has 4 nitrogen and oxygen atoms in total. The van der Waals surface area contributed by atoms with Gasteiger partial charge in [0.05, 0.1) is 16.8 Å². The van der Waals surface area contributed by atoms with Crippen molar-refractivity contribution < 1.29 is 4.79 Å². The number of rotatable bonds is 2. The fraction of sp³-hybridized carbons (Fsp3) is 0.0625. The zero-order chi connectivity index (χ0) is 14.8. The van der Waals surface area contributed by atoms with Gasteiger partial charge in [0.2, 0.25) is 0 Å². The predicted octanol–water partition coefficient (Wildman–Crippen LogP) is 3.84. The van der Waals surface area contributed by atoms with E-state index >= 15 is 0 Å². The van der Waals surface area contributed by atoms with Crippen LogP contribution in [-0.4, -0.2) is 15.9 Å². The molecule has 3 aromatic rings. The number of fused-ring (bicyclic) bond motifs is 1. The molecule has 2 heterocycles. The molecular formula is C16H12ClN3O. The van der Waals surface area contributed by atoms with E-state index in [2.05, 4.69) is 15.3 Å². The van der Waals surface area contributed by atoms with Crippen LogP contribution in [0.1, 0.15) is 15.9 Å². The first kappa shape index (κ1) is 13.5. The van der Waals surface area contributed by atoms with Gasteiger partial charge in [-0.15, -0.1) is 0 Å². The van der Waals surface area contributed by atoms with Crippen LogP contribution in [0, 0.1) is 6.92 Å². The second kappa shape index (κ2) is 5.50. The van der Waals surface area contributed by atoms with Crippen LogP contribution in [0.15, 0.2) is 48.8 Å². The SMILES string of the molecule is Cc1ccnc(Cl)c1NC(=O)c1ccnc2ccccc12. The first-order chi connectivity index (χ1) is 10.2. The van der Waals surface area contributed by atoms with E-state index in [0.717, 1.165) is 16.5 Å². The molecule has 0 saturated carbocycles. The van der Waals surface area contributed by atoms with Gasteiger partial charge in [-0.05, 0) is 30.7 Å². The number of nitrogens with one attached hydrogen (secondary N) is 1. The summed E-state index contributed by atoms with van der Waals surface area (Å²) in [6.07, 6.45) is 3.23. The van der Waals surface area contributed by atoms with Gasteiger partial charge >= 0.3 is 0 Å². The lowest BCUT2D eigenvalue weighted by molar-refractivity contribution is 0.102. The number of carbonyl (C=O) groups is 1. The van der Waals surface area contributed by atoms with Crippen molar-refractivity contribution in [3.63, 3.8) is 0 Å². The highest BCUT2D eigenvalue weighted by Crippen LogP contribution is 2.24. The average Bonchev–Trinajstić information content (AvgIpc) is 2.50. The second-order valence-electron chi connectivity index (χ2n) is 4.62. The summed E-state index contributed by atoms with van der Waals surface area (Å²) >= 11 is 6.04. The highest BCUT2D eigenvalue weighted by atomic mass is 35.5. The Morgan fingerprint density at radius 3 is 2.67 bits per heavy atom. The van der Waals surface area contributed by atoms with Gasteiger partial charge in [-0.25, -0.2) is 4.98 Å². The molecule has 1 aromatic carbocycles. The Labute approximate surface area is 126 Å². The number of halogens is 1. The molecule has 5 heteroatoms. The minimum atomic E-state index is -0.230. The van der Waals surface area contributed by atoms with Gasteiger partial charge in [0.15, 0.2) is 5.15 Å². The lowest BCUT2D eigenvalue weighted by Crippen LogP contribution is -2.14. The Balaban J connectivity index is 2.02. The molecule has 0 fully saturated rings. The van der Waals surface area contributed by atoms with E-state index in [9.17, 15) is 4.79 Å². The van der Waals surface area contributed by atoms with Crippen molar-refractivity contribution in [1.82, 2.24) is 9.97 Å². The molecular weight excluding hydrogens is 286 g/mol. The summed E-state index contributed by atoms with van der Waals surface area (Å²) in [5, 5.41) is 3.91. The van der Waals surface area contributed by atoms with Crippen LogP contribution < -0.4 is 5.32 Å². The molecule has 0 aliphatic heterocycles. The van der Waals surface area contributed by atoms with Crippen molar-refractivity contribution >= 4 is 34.1 Å². The highest BCUT2D eigenvalue weighted by Gasteiger charge is 2.13. The fourth-order valence-corrected chi connectivity index (χ4v) is 2.40. The summed E-state index contributed by atoms with van der Waals surface area (Å²) in [5.74, 6) is -0.230. The largest absolute Gasteiger partial charge is 0.319 e. The Morgan fingerprint density at radius 2 is 1.86 bits per heavy atom. The van der Waals surface area contributed by atoms with Crippen molar-refractivity contribution in [1.29, 1.82) is 0 Å². The lowest BCUT2D eigenvalue weighted by Gasteiger charge is -2.10. The summed E-state index contributed by atoms with van der Waals surface area (Å²) in [5.41, 5.74) is 2.73. The zero-order valence-corrected chi connectivity index (χ0v) is 12.1. The van der Waals surface area contributed by atoms with Crippen molar-refractivity contribution in [3.8, 4) is 0 Å². The van der Waals surface area contributed by atoms with Gasteiger partial charge in [-0.1, -0.05) is 29.8 Å². The van der Waals surface area contributed by atoms with Crippen molar-refractivity contribution in [2.75, 3.05) is 5.32 Å². The monoisotopic (exact) mass is 297 g/mol. The third-order valence-electron chi connectivity index (χ3n) is 3.25. The molecule has 0 radical (unpaired) electrons. The number of carbonyl (C=O) groups excluding carboxylic acids is 1. The van der Waals surface area contributed by atoms with Gasteiger partial charge in [-0.3, -0.25) is 9.78 Å². The van der Waals surface area contributed by atoms with Crippen LogP contribution in [0.25, 0.3) is 10.9 Å². The summed E-state index contributed by atoms with van der Waals surface area (Å²) in [4.78, 5) is 20.7. The topological polar surface area (TPSA) is 54.9 Å². The molecule has 0 bridgehead atoms. The Kier molecular flexibility index (Phi) is 3.54. The summed E-state index contributed by atoms with van der Waals surface area (Å²) in [7, 11) is 0. The van der Waals surface area contributed by atoms with E-state index in [1.807, 2.05) is 31.2 Å². The maximum atomic E-state index is 12.5. The second-order valence-corrected chi connectivity index (χ2v) is 4.98. The number of anilines is 1. The van der Waals surface area contributed by atoms with Crippen LogP contribution >= 0.6 is 11.6 Å². The quantitative estimate of drug-likeness (QED) is 0.731. The fourth-order valence-electron chi connectivity index (χ4n) is 2.15. The highest BCUT2D eigenvalue weighted by molar-refractivity contribution is 6.33. The van der Waals surface area contributed by atoms with Crippen molar-refractivity contribution in [2.45, 2.75) is 6.92 Å². The summed E-state index contributed by atoms with van der Waals surface area (Å²) in [6.45, 7) is 1.87. The normalized spacial score (nSPS) is 10.6. The number of benzene rings is 1. The number of hydrogen-bond donors (Lipinski definition) is 1. The van der Waals surface area contributed by atoms with Gasteiger partial charge in [0.1, 0.15) is 0 Å². The number of para-hydroxylation sites is 1. The molecule has 3 rings (SSSR count). The van der Waals surface area contributed by atoms with E-state index in [0.29, 0.717) is 11.3 Å². The third kappa shape index (κ3) is 2.58. The van der Waals surface area contributed by atoms with E-state index in [-0.39, 0.29) is 11.1 Å². The number of nitrogens with zero attached hydrogens (tertiary/aromatic N) is 2. The number of aryl methyl sites for hydroxylation is 1. The molecule has 2 aromatic heterocycles. The Morgan fingerprint density at radius 1 is 1.10 bits per heavy atom. The first-order valence-corrected chi connectivity index (χ1v) is 6.81. The summed E-state index contributed by atoms with van der Waals surface area (Å²) in [6, 6.07) is 11.0. The van der Waals surface area contributed by atoms with Crippen molar-refractivity contribution in [2.24, 2.45) is 0 Å². The number of amides is 1. The standard InChI is InChI=1S/C16H12ClN3O/c1-10-6-8-19-15(17)14(10)20-16(21)12-7-9-18-13-5-3-2-4-11(12)13/h2-9H,1H3,(H,20,21). The molecule has 0 unspecified atom stereocenters. The lowest BCUT2D eigenvalue weighted by atomic mass is 10.1. The van der Waals surface area contributed by atoms with E-state index in [1.165, 1.54) is 0 Å². The van der Waals surface area contributed by atoms with E-state index < -0.39 is 0 Å². The van der Waals surface area contributed by atoms with E-state index in [1.54, 1.807) is 24.5 Å². The van der Waals surface area contributed by atoms with Crippen molar-refractivity contribution in [3.05, 3.63) is 65.1 Å². The minimum absolute atomic E-state index is 0.230. The predicted molar refractivity (Wildman–Crippen MR) is 83.7 cm³/mol. The molecule has 0 atom stereocenters. The Bertz CT molecular complexity index is 807. The maximum Gasteiger partial charge on any atom is 0.256 e. The number of pyridine rings is 2. The van der Waals surface area contributed by atoms with E-state index in [4.69, 9.17) is 11.6 Å². The minimum Gasteiger partial charge on any atom is -0.319 e. The van der Waals surface area contributed by atoms with Crippen LogP contribution in [0.5, 0.6) is 0 Å². The average molecular weight is 298 g/mol.